The Bertz CT molecular complexity index is 1190. The predicted molar refractivity (Wildman–Crippen MR) is 117 cm³/mol. The SMILES string of the molecule is CC(C)Oc1ccccc1NC(=O)c1ccnc(Nc2cccc3cccnc23)n1. The smallest absolute Gasteiger partial charge is 0.274 e. The van der Waals surface area contributed by atoms with E-state index >= 15 is 0 Å². The van der Waals surface area contributed by atoms with Crippen LogP contribution in [0.1, 0.15) is 24.3 Å². The molecule has 0 aliphatic heterocycles. The van der Waals surface area contributed by atoms with Crippen molar-refractivity contribution in [1.82, 2.24) is 15.0 Å². The lowest BCUT2D eigenvalue weighted by Crippen LogP contribution is -2.16. The Labute approximate surface area is 174 Å². The van der Waals surface area contributed by atoms with Crippen molar-refractivity contribution in [2.75, 3.05) is 10.6 Å². The van der Waals surface area contributed by atoms with Crippen LogP contribution in [0.5, 0.6) is 5.75 Å². The lowest BCUT2D eigenvalue weighted by Gasteiger charge is -2.14. The summed E-state index contributed by atoms with van der Waals surface area (Å²) in [6, 6.07) is 18.5. The zero-order chi connectivity index (χ0) is 20.9. The number of aromatic nitrogens is 3. The van der Waals surface area contributed by atoms with Crippen LogP contribution in [0, 0.1) is 0 Å². The molecule has 2 aromatic heterocycles. The molecule has 0 bridgehead atoms. The summed E-state index contributed by atoms with van der Waals surface area (Å²) in [5, 5.41) is 7.01. The second-order valence-corrected chi connectivity index (χ2v) is 6.89. The lowest BCUT2D eigenvalue weighted by atomic mass is 10.2. The van der Waals surface area contributed by atoms with E-state index in [1.165, 1.54) is 0 Å². The number of anilines is 3. The minimum Gasteiger partial charge on any atom is -0.489 e. The van der Waals surface area contributed by atoms with Crippen LogP contribution in [0.2, 0.25) is 0 Å². The van der Waals surface area contributed by atoms with E-state index in [9.17, 15) is 4.79 Å². The predicted octanol–water partition coefficient (Wildman–Crippen LogP) is 4.81. The number of para-hydroxylation sites is 3. The molecule has 2 N–H and O–H groups in total. The van der Waals surface area contributed by atoms with E-state index in [-0.39, 0.29) is 17.7 Å². The molecule has 2 aromatic carbocycles. The van der Waals surface area contributed by atoms with Crippen LogP contribution in [0.15, 0.2) is 73.1 Å². The van der Waals surface area contributed by atoms with Crippen molar-refractivity contribution in [2.45, 2.75) is 20.0 Å². The maximum Gasteiger partial charge on any atom is 0.274 e. The van der Waals surface area contributed by atoms with Gasteiger partial charge in [-0.1, -0.05) is 30.3 Å². The summed E-state index contributed by atoms with van der Waals surface area (Å²) in [4.78, 5) is 25.8. The van der Waals surface area contributed by atoms with Crippen LogP contribution in [0.4, 0.5) is 17.3 Å². The first-order valence-electron chi connectivity index (χ1n) is 9.61. The number of pyridine rings is 1. The maximum atomic E-state index is 12.8. The van der Waals surface area contributed by atoms with E-state index in [1.54, 1.807) is 24.5 Å². The average Bonchev–Trinajstić information content (AvgIpc) is 2.75. The van der Waals surface area contributed by atoms with Crippen LogP contribution in [0.25, 0.3) is 10.9 Å². The van der Waals surface area contributed by atoms with E-state index < -0.39 is 0 Å². The molecule has 4 rings (SSSR count). The molecule has 0 fully saturated rings. The molecular formula is C23H21N5O2. The van der Waals surface area contributed by atoms with Gasteiger partial charge in [0, 0.05) is 17.8 Å². The molecule has 2 heterocycles. The highest BCUT2D eigenvalue weighted by Crippen LogP contribution is 2.26. The molecule has 0 unspecified atom stereocenters. The number of rotatable bonds is 6. The zero-order valence-corrected chi connectivity index (χ0v) is 16.7. The van der Waals surface area contributed by atoms with Crippen molar-refractivity contribution < 1.29 is 9.53 Å². The number of ether oxygens (including phenoxy) is 1. The zero-order valence-electron chi connectivity index (χ0n) is 16.7. The molecule has 7 nitrogen and oxygen atoms in total. The van der Waals surface area contributed by atoms with Gasteiger partial charge in [0.2, 0.25) is 5.95 Å². The van der Waals surface area contributed by atoms with Gasteiger partial charge in [0.1, 0.15) is 11.4 Å². The topological polar surface area (TPSA) is 89.0 Å². The Kier molecular flexibility index (Phi) is 5.52. The molecule has 0 spiro atoms. The molecule has 7 heteroatoms. The molecule has 0 aliphatic carbocycles. The van der Waals surface area contributed by atoms with Crippen molar-refractivity contribution in [1.29, 1.82) is 0 Å². The molecule has 0 aliphatic rings. The Morgan fingerprint density at radius 2 is 1.70 bits per heavy atom. The number of nitrogens with one attached hydrogen (secondary N) is 2. The first kappa shape index (κ1) is 19.3. The first-order valence-corrected chi connectivity index (χ1v) is 9.61. The van der Waals surface area contributed by atoms with E-state index in [0.717, 1.165) is 16.6 Å². The molecule has 4 aromatic rings. The van der Waals surface area contributed by atoms with E-state index in [2.05, 4.69) is 25.6 Å². The summed E-state index contributed by atoms with van der Waals surface area (Å²) in [6.45, 7) is 3.87. The van der Waals surface area contributed by atoms with Gasteiger partial charge in [0.25, 0.3) is 5.91 Å². The Hall–Kier alpha value is -4.00. The summed E-state index contributed by atoms with van der Waals surface area (Å²) in [6.07, 6.45) is 3.26. The third-order valence-electron chi connectivity index (χ3n) is 4.27. The van der Waals surface area contributed by atoms with E-state index in [0.29, 0.717) is 17.4 Å². The van der Waals surface area contributed by atoms with Gasteiger partial charge in [-0.05, 0) is 44.2 Å². The summed E-state index contributed by atoms with van der Waals surface area (Å²) in [5.41, 5.74) is 2.39. The van der Waals surface area contributed by atoms with Crippen LogP contribution < -0.4 is 15.4 Å². The summed E-state index contributed by atoms with van der Waals surface area (Å²) >= 11 is 0. The second kappa shape index (κ2) is 8.57. The minimum atomic E-state index is -0.351. The van der Waals surface area contributed by atoms with Crippen molar-refractivity contribution in [3.8, 4) is 5.75 Å². The van der Waals surface area contributed by atoms with Crippen LogP contribution >= 0.6 is 0 Å². The van der Waals surface area contributed by atoms with Crippen LogP contribution in [-0.2, 0) is 0 Å². The number of carbonyl (C=O) groups excluding carboxylic acids is 1. The van der Waals surface area contributed by atoms with Gasteiger partial charge in [-0.2, -0.15) is 0 Å². The molecule has 0 radical (unpaired) electrons. The van der Waals surface area contributed by atoms with Crippen molar-refractivity contribution in [2.24, 2.45) is 0 Å². The molecular weight excluding hydrogens is 378 g/mol. The second-order valence-electron chi connectivity index (χ2n) is 6.89. The van der Waals surface area contributed by atoms with Gasteiger partial charge < -0.3 is 15.4 Å². The van der Waals surface area contributed by atoms with Gasteiger partial charge in [0.15, 0.2) is 0 Å². The largest absolute Gasteiger partial charge is 0.489 e. The highest BCUT2D eigenvalue weighted by Gasteiger charge is 2.13. The molecule has 0 atom stereocenters. The fourth-order valence-electron chi connectivity index (χ4n) is 2.98. The minimum absolute atomic E-state index is 0.00721. The number of amides is 1. The summed E-state index contributed by atoms with van der Waals surface area (Å²) in [5.74, 6) is 0.568. The van der Waals surface area contributed by atoms with Crippen LogP contribution in [0.3, 0.4) is 0 Å². The Morgan fingerprint density at radius 1 is 0.900 bits per heavy atom. The lowest BCUT2D eigenvalue weighted by molar-refractivity contribution is 0.102. The summed E-state index contributed by atoms with van der Waals surface area (Å²) < 4.78 is 5.76. The highest BCUT2D eigenvalue weighted by atomic mass is 16.5. The standard InChI is InChI=1S/C23H21N5O2/c1-15(2)30-20-11-4-3-9-17(20)26-22(29)19-12-14-25-23(28-19)27-18-10-5-7-16-8-6-13-24-21(16)18/h3-15H,1-2H3,(H,26,29)(H,25,27,28). The van der Waals surface area contributed by atoms with Crippen LogP contribution in [-0.4, -0.2) is 27.0 Å². The van der Waals surface area contributed by atoms with E-state index in [1.807, 2.05) is 62.4 Å². The number of fused-ring (bicyclic) bond motifs is 1. The third-order valence-corrected chi connectivity index (χ3v) is 4.27. The molecule has 0 saturated heterocycles. The number of hydrogen-bond donors (Lipinski definition) is 2. The first-order chi connectivity index (χ1) is 14.6. The third kappa shape index (κ3) is 4.35. The van der Waals surface area contributed by atoms with E-state index in [4.69, 9.17) is 4.74 Å². The fraction of sp³-hybridized carbons (Fsp3) is 0.130. The number of benzene rings is 2. The van der Waals surface area contributed by atoms with Crippen molar-refractivity contribution in [3.05, 3.63) is 78.8 Å². The number of carbonyl (C=O) groups is 1. The monoisotopic (exact) mass is 399 g/mol. The molecule has 30 heavy (non-hydrogen) atoms. The molecule has 1 amide bonds. The normalized spacial score (nSPS) is 10.8. The maximum absolute atomic E-state index is 12.8. The highest BCUT2D eigenvalue weighted by molar-refractivity contribution is 6.03. The van der Waals surface area contributed by atoms with Gasteiger partial charge in [-0.3, -0.25) is 9.78 Å². The van der Waals surface area contributed by atoms with Gasteiger partial charge in [0.05, 0.1) is 23.0 Å². The van der Waals surface area contributed by atoms with Crippen molar-refractivity contribution >= 4 is 34.1 Å². The number of hydrogen-bond acceptors (Lipinski definition) is 6. The average molecular weight is 399 g/mol. The molecule has 0 saturated carbocycles. The number of nitrogens with zero attached hydrogens (tertiary/aromatic N) is 3. The van der Waals surface area contributed by atoms with Gasteiger partial charge in [-0.25, -0.2) is 9.97 Å². The fourth-order valence-corrected chi connectivity index (χ4v) is 2.98. The summed E-state index contributed by atoms with van der Waals surface area (Å²) in [7, 11) is 0. The van der Waals surface area contributed by atoms with Crippen molar-refractivity contribution in [3.63, 3.8) is 0 Å². The molecule has 150 valence electrons. The quantitative estimate of drug-likeness (QED) is 0.484. The Balaban J connectivity index is 1.56. The Morgan fingerprint density at radius 3 is 2.57 bits per heavy atom. The van der Waals surface area contributed by atoms with Gasteiger partial charge in [-0.15, -0.1) is 0 Å². The van der Waals surface area contributed by atoms with Gasteiger partial charge >= 0.3 is 0 Å².